The van der Waals surface area contributed by atoms with E-state index in [1.807, 2.05) is 44.2 Å². The molecule has 172 valence electrons. The Bertz CT molecular complexity index is 885. The summed E-state index contributed by atoms with van der Waals surface area (Å²) in [5.74, 6) is -1.55. The van der Waals surface area contributed by atoms with Gasteiger partial charge in [0.05, 0.1) is 24.2 Å². The van der Waals surface area contributed by atoms with E-state index in [4.69, 9.17) is 0 Å². The molecule has 1 rings (SSSR count). The molecule has 0 spiro atoms. The number of aliphatic hydroxyl groups is 1. The number of carbonyl (C=O) groups excluding carboxylic acids is 1. The largest absolute Gasteiger partial charge is 0.390 e. The second-order valence-electron chi connectivity index (χ2n) is 8.34. The quantitative estimate of drug-likeness (QED) is 0.471. The first-order valence-electron chi connectivity index (χ1n) is 9.84. The maximum Gasteiger partial charge on any atom is 0.224 e. The number of sulfonamides is 1. The average molecular weight is 463 g/mol. The van der Waals surface area contributed by atoms with E-state index < -0.39 is 43.8 Å². The number of nitrogens with one attached hydrogen (secondary N) is 1. The number of carbonyl (C=O) groups is 1. The Kier molecular flexibility index (Phi) is 9.93. The molecule has 10 heteroatoms. The van der Waals surface area contributed by atoms with Crippen molar-refractivity contribution < 1.29 is 26.7 Å². The van der Waals surface area contributed by atoms with Gasteiger partial charge in [0, 0.05) is 25.3 Å². The second-order valence-corrected chi connectivity index (χ2v) is 12.5. The van der Waals surface area contributed by atoms with Crippen LogP contribution >= 0.6 is 0 Å². The van der Waals surface area contributed by atoms with Crippen molar-refractivity contribution >= 4 is 25.8 Å². The lowest BCUT2D eigenvalue weighted by atomic mass is 10.00. The Hall–Kier alpha value is -1.49. The topological polar surface area (TPSA) is 121 Å². The van der Waals surface area contributed by atoms with E-state index in [2.05, 4.69) is 5.32 Å². The first-order chi connectivity index (χ1) is 13.7. The summed E-state index contributed by atoms with van der Waals surface area (Å²) in [6.07, 6.45) is 1.25. The van der Waals surface area contributed by atoms with Crippen molar-refractivity contribution in [3.8, 4) is 0 Å². The van der Waals surface area contributed by atoms with E-state index in [0.717, 1.165) is 18.1 Å². The van der Waals surface area contributed by atoms with Gasteiger partial charge in [0.25, 0.3) is 0 Å². The van der Waals surface area contributed by atoms with E-state index in [1.54, 1.807) is 0 Å². The van der Waals surface area contributed by atoms with E-state index in [0.29, 0.717) is 0 Å². The third-order valence-electron chi connectivity index (χ3n) is 4.52. The maximum atomic E-state index is 12.6. The van der Waals surface area contributed by atoms with Gasteiger partial charge in [0.1, 0.15) is 9.84 Å². The van der Waals surface area contributed by atoms with Crippen LogP contribution in [0.15, 0.2) is 30.3 Å². The summed E-state index contributed by atoms with van der Waals surface area (Å²) in [5, 5.41) is 13.6. The molecule has 0 aliphatic carbocycles. The van der Waals surface area contributed by atoms with Gasteiger partial charge >= 0.3 is 0 Å². The minimum atomic E-state index is -3.55. The molecule has 1 aromatic carbocycles. The van der Waals surface area contributed by atoms with Crippen LogP contribution < -0.4 is 5.32 Å². The molecule has 0 unspecified atom stereocenters. The Balaban J connectivity index is 3.05. The summed E-state index contributed by atoms with van der Waals surface area (Å²) in [7, 11) is -6.89. The number of hydrogen-bond donors (Lipinski definition) is 2. The summed E-state index contributed by atoms with van der Waals surface area (Å²) in [6, 6.07) is 8.40. The summed E-state index contributed by atoms with van der Waals surface area (Å²) in [6.45, 7) is 5.33. The molecule has 0 bridgehead atoms. The molecule has 2 N–H and O–H groups in total. The van der Waals surface area contributed by atoms with Crippen molar-refractivity contribution in [3.05, 3.63) is 35.9 Å². The van der Waals surface area contributed by atoms with Crippen LogP contribution in [0.5, 0.6) is 0 Å². The molecule has 0 radical (unpaired) electrons. The van der Waals surface area contributed by atoms with Crippen LogP contribution in [-0.2, 0) is 31.1 Å². The maximum absolute atomic E-state index is 12.6. The van der Waals surface area contributed by atoms with Crippen molar-refractivity contribution in [3.63, 3.8) is 0 Å². The van der Waals surface area contributed by atoms with Gasteiger partial charge < -0.3 is 10.4 Å². The minimum Gasteiger partial charge on any atom is -0.390 e. The van der Waals surface area contributed by atoms with Gasteiger partial charge in [-0.05, 0) is 17.9 Å². The highest BCUT2D eigenvalue weighted by Crippen LogP contribution is 2.12. The van der Waals surface area contributed by atoms with Gasteiger partial charge in [-0.2, -0.15) is 4.31 Å². The molecule has 3 atom stereocenters. The lowest BCUT2D eigenvalue weighted by Gasteiger charge is -2.30. The molecule has 0 saturated heterocycles. The van der Waals surface area contributed by atoms with Gasteiger partial charge in [-0.3, -0.25) is 4.79 Å². The van der Waals surface area contributed by atoms with Crippen molar-refractivity contribution in [2.45, 2.75) is 39.3 Å². The first-order valence-corrected chi connectivity index (χ1v) is 13.7. The Morgan fingerprint density at radius 2 is 1.60 bits per heavy atom. The SMILES string of the molecule is CC(C)CN(C[C@@H](O)[C@H](Cc1ccccc1)NC(=O)[C@H](C)CS(C)(=O)=O)S(C)(=O)=O. The third kappa shape index (κ3) is 10.0. The van der Waals surface area contributed by atoms with Crippen molar-refractivity contribution in [1.82, 2.24) is 9.62 Å². The molecule has 30 heavy (non-hydrogen) atoms. The standard InChI is InChI=1S/C20H34N2O6S2/c1-15(2)12-22(30(5,27)28)13-19(23)18(11-17-9-7-6-8-10-17)21-20(24)16(3)14-29(4,25)26/h6-10,15-16,18-19,23H,11-14H2,1-5H3,(H,21,24)/t16-,18+,19-/m1/s1. The van der Waals surface area contributed by atoms with Crippen molar-refractivity contribution in [2.24, 2.45) is 11.8 Å². The number of aliphatic hydroxyl groups excluding tert-OH is 1. The molecule has 0 aliphatic heterocycles. The monoisotopic (exact) mass is 462 g/mol. The highest BCUT2D eigenvalue weighted by Gasteiger charge is 2.29. The summed E-state index contributed by atoms with van der Waals surface area (Å²) >= 11 is 0. The van der Waals surface area contributed by atoms with Crippen LogP contribution in [0.1, 0.15) is 26.3 Å². The number of sulfone groups is 1. The molecular weight excluding hydrogens is 428 g/mol. The average Bonchev–Trinajstić information content (AvgIpc) is 2.58. The normalized spacial score (nSPS) is 15.7. The lowest BCUT2D eigenvalue weighted by Crippen LogP contribution is -2.52. The molecule has 0 saturated carbocycles. The summed E-state index contributed by atoms with van der Waals surface area (Å²) < 4.78 is 48.5. The van der Waals surface area contributed by atoms with E-state index >= 15 is 0 Å². The van der Waals surface area contributed by atoms with E-state index in [9.17, 15) is 26.7 Å². The predicted molar refractivity (Wildman–Crippen MR) is 118 cm³/mol. The van der Waals surface area contributed by atoms with Crippen LogP contribution in [0.25, 0.3) is 0 Å². The van der Waals surface area contributed by atoms with Crippen molar-refractivity contribution in [2.75, 3.05) is 31.4 Å². The van der Waals surface area contributed by atoms with Crippen molar-refractivity contribution in [1.29, 1.82) is 0 Å². The third-order valence-corrected chi connectivity index (χ3v) is 6.86. The summed E-state index contributed by atoms with van der Waals surface area (Å²) in [5.41, 5.74) is 0.854. The molecule has 1 amide bonds. The molecule has 1 aromatic rings. The Morgan fingerprint density at radius 1 is 1.03 bits per heavy atom. The van der Waals surface area contributed by atoms with Crippen LogP contribution in [0.4, 0.5) is 0 Å². The van der Waals surface area contributed by atoms with Crippen LogP contribution in [0.2, 0.25) is 0 Å². The fraction of sp³-hybridized carbons (Fsp3) is 0.650. The molecular formula is C20H34N2O6S2. The van der Waals surface area contributed by atoms with Crippen LogP contribution in [-0.4, -0.2) is 75.7 Å². The molecule has 8 nitrogen and oxygen atoms in total. The number of hydrogen-bond acceptors (Lipinski definition) is 6. The molecule has 0 aromatic heterocycles. The van der Waals surface area contributed by atoms with Gasteiger partial charge in [0.15, 0.2) is 0 Å². The van der Waals surface area contributed by atoms with Crippen LogP contribution in [0, 0.1) is 11.8 Å². The fourth-order valence-electron chi connectivity index (χ4n) is 3.09. The number of rotatable bonds is 12. The van der Waals surface area contributed by atoms with E-state index in [-0.39, 0.29) is 31.2 Å². The fourth-order valence-corrected chi connectivity index (χ4v) is 5.15. The minimum absolute atomic E-state index is 0.0591. The predicted octanol–water partition coefficient (Wildman–Crippen LogP) is 0.673. The first kappa shape index (κ1) is 26.5. The smallest absolute Gasteiger partial charge is 0.224 e. The molecule has 0 heterocycles. The summed E-state index contributed by atoms with van der Waals surface area (Å²) in [4.78, 5) is 12.6. The zero-order valence-electron chi connectivity index (χ0n) is 18.3. The second kappa shape index (κ2) is 11.2. The van der Waals surface area contributed by atoms with Gasteiger partial charge in [0.2, 0.25) is 15.9 Å². The van der Waals surface area contributed by atoms with Gasteiger partial charge in [-0.25, -0.2) is 16.8 Å². The lowest BCUT2D eigenvalue weighted by molar-refractivity contribution is -0.125. The highest BCUT2D eigenvalue weighted by atomic mass is 32.2. The number of benzene rings is 1. The Labute approximate surface area is 180 Å². The molecule has 0 fully saturated rings. The van der Waals surface area contributed by atoms with Gasteiger partial charge in [-0.15, -0.1) is 0 Å². The zero-order chi connectivity index (χ0) is 23.1. The zero-order valence-corrected chi connectivity index (χ0v) is 19.9. The van der Waals surface area contributed by atoms with Crippen LogP contribution in [0.3, 0.4) is 0 Å². The molecule has 0 aliphatic rings. The number of nitrogens with zero attached hydrogens (tertiary/aromatic N) is 1. The highest BCUT2D eigenvalue weighted by molar-refractivity contribution is 7.90. The van der Waals surface area contributed by atoms with Gasteiger partial charge in [-0.1, -0.05) is 51.1 Å². The number of amides is 1. The Morgan fingerprint density at radius 3 is 2.07 bits per heavy atom. The van der Waals surface area contributed by atoms with E-state index in [1.165, 1.54) is 11.2 Å².